The largest absolute Gasteiger partial charge is 0.480 e. The van der Waals surface area contributed by atoms with E-state index in [1.807, 2.05) is 11.0 Å². The second-order valence-electron chi connectivity index (χ2n) is 6.31. The molecule has 1 amide bonds. The minimum absolute atomic E-state index is 0.165. The van der Waals surface area contributed by atoms with Gasteiger partial charge in [0.25, 0.3) is 0 Å². The number of carboxylic acids is 1. The Morgan fingerprint density at radius 2 is 2.09 bits per heavy atom. The molecule has 1 aromatic rings. The number of carboxylic acid groups (broad SMARTS) is 1. The minimum Gasteiger partial charge on any atom is -0.480 e. The lowest BCUT2D eigenvalue weighted by atomic mass is 10.1. The van der Waals surface area contributed by atoms with Crippen LogP contribution in [0.1, 0.15) is 20.8 Å². The summed E-state index contributed by atoms with van der Waals surface area (Å²) in [6.07, 6.45) is 1.04. The number of piperazine rings is 1. The number of hydrogen-bond acceptors (Lipinski definition) is 5. The first-order valence-corrected chi connectivity index (χ1v) is 8.05. The van der Waals surface area contributed by atoms with E-state index in [-0.39, 0.29) is 13.1 Å². The molecule has 0 aromatic carbocycles. The zero-order valence-electron chi connectivity index (χ0n) is 13.3. The van der Waals surface area contributed by atoms with Gasteiger partial charge in [-0.05, 0) is 32.9 Å². The van der Waals surface area contributed by atoms with Crippen LogP contribution in [0, 0.1) is 0 Å². The van der Waals surface area contributed by atoms with E-state index < -0.39 is 23.7 Å². The number of nitrogens with zero attached hydrogens (tertiary/aromatic N) is 3. The molecule has 1 aliphatic rings. The highest BCUT2D eigenvalue weighted by Gasteiger charge is 2.38. The van der Waals surface area contributed by atoms with Gasteiger partial charge >= 0.3 is 12.1 Å². The Morgan fingerprint density at radius 3 is 2.65 bits per heavy atom. The molecule has 23 heavy (non-hydrogen) atoms. The Kier molecular flexibility index (Phi) is 5.13. The molecular formula is C15H20BrN3O4. The van der Waals surface area contributed by atoms with Crippen LogP contribution in [0.4, 0.5) is 10.6 Å². The van der Waals surface area contributed by atoms with Gasteiger partial charge in [0, 0.05) is 23.8 Å². The maximum absolute atomic E-state index is 12.2. The number of carbonyl (C=O) groups excluding carboxylic acids is 1. The maximum Gasteiger partial charge on any atom is 0.411 e. The van der Waals surface area contributed by atoms with E-state index in [4.69, 9.17) is 4.74 Å². The highest BCUT2D eigenvalue weighted by Crippen LogP contribution is 2.22. The van der Waals surface area contributed by atoms with Gasteiger partial charge in [-0.1, -0.05) is 15.9 Å². The van der Waals surface area contributed by atoms with Crippen molar-refractivity contribution in [2.24, 2.45) is 0 Å². The van der Waals surface area contributed by atoms with Crippen molar-refractivity contribution in [3.05, 3.63) is 22.8 Å². The van der Waals surface area contributed by atoms with E-state index in [0.717, 1.165) is 4.47 Å². The van der Waals surface area contributed by atoms with Crippen molar-refractivity contribution < 1.29 is 19.4 Å². The van der Waals surface area contributed by atoms with Crippen LogP contribution < -0.4 is 4.90 Å². The summed E-state index contributed by atoms with van der Waals surface area (Å²) >= 11 is 3.37. The Bertz CT molecular complexity index is 603. The van der Waals surface area contributed by atoms with Gasteiger partial charge in [-0.2, -0.15) is 0 Å². The SMILES string of the molecule is CC(C)(C)OC(=O)N1CCN(c2cc(Br)ccn2)CC1C(=O)O. The summed E-state index contributed by atoms with van der Waals surface area (Å²) in [7, 11) is 0. The van der Waals surface area contributed by atoms with Crippen LogP contribution in [0.3, 0.4) is 0 Å². The smallest absolute Gasteiger partial charge is 0.411 e. The Labute approximate surface area is 143 Å². The second-order valence-corrected chi connectivity index (χ2v) is 7.22. The Morgan fingerprint density at radius 1 is 1.39 bits per heavy atom. The molecule has 1 atom stereocenters. The van der Waals surface area contributed by atoms with Gasteiger partial charge in [0.15, 0.2) is 0 Å². The van der Waals surface area contributed by atoms with Crippen molar-refractivity contribution in [2.45, 2.75) is 32.4 Å². The number of aliphatic carboxylic acids is 1. The minimum atomic E-state index is -1.06. The number of amides is 1. The number of halogens is 1. The monoisotopic (exact) mass is 385 g/mol. The lowest BCUT2D eigenvalue weighted by Crippen LogP contribution is -2.59. The standard InChI is InChI=1S/C15H20BrN3O4/c1-15(2,3)23-14(22)19-7-6-18(9-11(19)13(20)21)12-8-10(16)4-5-17-12/h4-5,8,11H,6-7,9H2,1-3H3,(H,20,21). The van der Waals surface area contributed by atoms with E-state index in [0.29, 0.717) is 12.4 Å². The van der Waals surface area contributed by atoms with Crippen molar-refractivity contribution in [2.75, 3.05) is 24.5 Å². The average Bonchev–Trinajstić information content (AvgIpc) is 2.44. The topological polar surface area (TPSA) is 83.0 Å². The van der Waals surface area contributed by atoms with E-state index in [1.165, 1.54) is 4.90 Å². The van der Waals surface area contributed by atoms with Crippen LogP contribution in [0.15, 0.2) is 22.8 Å². The highest BCUT2D eigenvalue weighted by molar-refractivity contribution is 9.10. The number of pyridine rings is 1. The van der Waals surface area contributed by atoms with Gasteiger partial charge in [-0.25, -0.2) is 14.6 Å². The van der Waals surface area contributed by atoms with Gasteiger partial charge in [-0.3, -0.25) is 4.90 Å². The molecule has 1 aliphatic heterocycles. The number of carbonyl (C=O) groups is 2. The Balaban J connectivity index is 2.15. The summed E-state index contributed by atoms with van der Waals surface area (Å²) in [6, 6.07) is 2.65. The first-order chi connectivity index (χ1) is 10.7. The van der Waals surface area contributed by atoms with Crippen molar-refractivity contribution in [1.29, 1.82) is 0 Å². The van der Waals surface area contributed by atoms with Gasteiger partial charge in [-0.15, -0.1) is 0 Å². The van der Waals surface area contributed by atoms with Crippen LogP contribution in [-0.4, -0.2) is 58.3 Å². The molecule has 0 bridgehead atoms. The third-order valence-electron chi connectivity index (χ3n) is 3.32. The molecule has 1 N–H and O–H groups in total. The molecule has 0 aliphatic carbocycles. The summed E-state index contributed by atoms with van der Waals surface area (Å²) in [4.78, 5) is 31.2. The zero-order valence-corrected chi connectivity index (χ0v) is 14.9. The third kappa shape index (κ3) is 4.57. The number of anilines is 1. The third-order valence-corrected chi connectivity index (χ3v) is 3.82. The van der Waals surface area contributed by atoms with Crippen molar-refractivity contribution in [3.63, 3.8) is 0 Å². The zero-order chi connectivity index (χ0) is 17.2. The first kappa shape index (κ1) is 17.5. The maximum atomic E-state index is 12.2. The van der Waals surface area contributed by atoms with E-state index in [1.54, 1.807) is 33.0 Å². The van der Waals surface area contributed by atoms with Crippen LogP contribution in [0.5, 0.6) is 0 Å². The second kappa shape index (κ2) is 6.74. The molecule has 1 unspecified atom stereocenters. The molecular weight excluding hydrogens is 366 g/mol. The molecule has 2 rings (SSSR count). The predicted molar refractivity (Wildman–Crippen MR) is 88.5 cm³/mol. The quantitative estimate of drug-likeness (QED) is 0.840. The first-order valence-electron chi connectivity index (χ1n) is 7.26. The normalized spacial score (nSPS) is 18.7. The van der Waals surface area contributed by atoms with Gasteiger partial charge in [0.05, 0.1) is 6.54 Å². The molecule has 1 fully saturated rings. The highest BCUT2D eigenvalue weighted by atomic mass is 79.9. The van der Waals surface area contributed by atoms with Crippen LogP contribution >= 0.6 is 15.9 Å². The molecule has 0 radical (unpaired) electrons. The molecule has 0 saturated carbocycles. The molecule has 2 heterocycles. The van der Waals surface area contributed by atoms with Crippen molar-refractivity contribution in [1.82, 2.24) is 9.88 Å². The summed E-state index contributed by atoms with van der Waals surface area (Å²) in [5.41, 5.74) is -0.664. The fourth-order valence-electron chi connectivity index (χ4n) is 2.31. The molecule has 0 spiro atoms. The number of rotatable bonds is 2. The van der Waals surface area contributed by atoms with E-state index >= 15 is 0 Å². The summed E-state index contributed by atoms with van der Waals surface area (Å²) in [6.45, 7) is 6.18. The molecule has 126 valence electrons. The average molecular weight is 386 g/mol. The van der Waals surface area contributed by atoms with Crippen LogP contribution in [0.2, 0.25) is 0 Å². The summed E-state index contributed by atoms with van der Waals surface area (Å²) < 4.78 is 6.16. The van der Waals surface area contributed by atoms with Crippen molar-refractivity contribution in [3.8, 4) is 0 Å². The fourth-order valence-corrected chi connectivity index (χ4v) is 2.63. The van der Waals surface area contributed by atoms with Gasteiger partial charge in [0.1, 0.15) is 17.5 Å². The number of ether oxygens (including phenoxy) is 1. The molecule has 1 aromatic heterocycles. The lowest BCUT2D eigenvalue weighted by molar-refractivity contribution is -0.143. The van der Waals surface area contributed by atoms with Crippen molar-refractivity contribution >= 4 is 33.8 Å². The Hall–Kier alpha value is -1.83. The number of aromatic nitrogens is 1. The summed E-state index contributed by atoms with van der Waals surface area (Å²) in [5.74, 6) is -0.384. The van der Waals surface area contributed by atoms with Crippen LogP contribution in [0.25, 0.3) is 0 Å². The van der Waals surface area contributed by atoms with E-state index in [2.05, 4.69) is 20.9 Å². The molecule has 7 nitrogen and oxygen atoms in total. The number of hydrogen-bond donors (Lipinski definition) is 1. The predicted octanol–water partition coefficient (Wildman–Crippen LogP) is 2.35. The fraction of sp³-hybridized carbons (Fsp3) is 0.533. The van der Waals surface area contributed by atoms with E-state index in [9.17, 15) is 14.7 Å². The summed E-state index contributed by atoms with van der Waals surface area (Å²) in [5, 5.41) is 9.47. The molecule has 1 saturated heterocycles. The molecule has 8 heteroatoms. The van der Waals surface area contributed by atoms with Gasteiger partial charge < -0.3 is 14.7 Å². The van der Waals surface area contributed by atoms with Gasteiger partial charge in [0.2, 0.25) is 0 Å². The van der Waals surface area contributed by atoms with Crippen LogP contribution in [-0.2, 0) is 9.53 Å². The lowest BCUT2D eigenvalue weighted by Gasteiger charge is -2.40.